The SMILES string of the molecule is Cc1c(Br)cc(S(=O)(=O)N(C)C2CCOC2)cc1C(=O)O. The fraction of sp³-hybridized carbons (Fsp3) is 0.462. The summed E-state index contributed by atoms with van der Waals surface area (Å²) in [5.41, 5.74) is 0.465. The van der Waals surface area contributed by atoms with Crippen LogP contribution in [0.1, 0.15) is 22.3 Å². The molecule has 0 radical (unpaired) electrons. The molecule has 1 atom stereocenters. The van der Waals surface area contributed by atoms with Crippen molar-refractivity contribution in [2.75, 3.05) is 20.3 Å². The van der Waals surface area contributed by atoms with E-state index in [0.717, 1.165) is 0 Å². The van der Waals surface area contributed by atoms with Crippen molar-refractivity contribution in [1.82, 2.24) is 4.31 Å². The standard InChI is InChI=1S/C13H16BrNO5S/c1-8-11(13(16)17)5-10(6-12(8)14)21(18,19)15(2)9-3-4-20-7-9/h5-6,9H,3-4,7H2,1-2H3,(H,16,17). The number of sulfonamides is 1. The average molecular weight is 378 g/mol. The molecule has 0 aromatic heterocycles. The van der Waals surface area contributed by atoms with Gasteiger partial charge in [-0.05, 0) is 31.0 Å². The van der Waals surface area contributed by atoms with Crippen LogP contribution >= 0.6 is 15.9 Å². The summed E-state index contributed by atoms with van der Waals surface area (Å²) in [6.07, 6.45) is 0.633. The predicted octanol–water partition coefficient (Wildman–Crippen LogP) is 1.87. The molecular formula is C13H16BrNO5S. The van der Waals surface area contributed by atoms with Gasteiger partial charge in [0.05, 0.1) is 23.1 Å². The first-order valence-electron chi connectivity index (χ1n) is 6.34. The molecule has 0 spiro atoms. The van der Waals surface area contributed by atoms with Crippen LogP contribution in [0, 0.1) is 6.92 Å². The molecule has 0 saturated carbocycles. The van der Waals surface area contributed by atoms with E-state index < -0.39 is 16.0 Å². The molecule has 1 aromatic carbocycles. The molecule has 1 saturated heterocycles. The van der Waals surface area contributed by atoms with Crippen molar-refractivity contribution >= 4 is 31.9 Å². The second kappa shape index (κ2) is 6.04. The fourth-order valence-electron chi connectivity index (χ4n) is 2.20. The van der Waals surface area contributed by atoms with Gasteiger partial charge in [-0.3, -0.25) is 0 Å². The minimum atomic E-state index is -3.76. The van der Waals surface area contributed by atoms with Crippen LogP contribution in [-0.4, -0.2) is 50.1 Å². The van der Waals surface area contributed by atoms with E-state index in [4.69, 9.17) is 4.74 Å². The molecule has 1 aliphatic rings. The van der Waals surface area contributed by atoms with E-state index in [9.17, 15) is 18.3 Å². The fourth-order valence-corrected chi connectivity index (χ4v) is 4.23. The lowest BCUT2D eigenvalue weighted by atomic mass is 10.1. The maximum atomic E-state index is 12.6. The lowest BCUT2D eigenvalue weighted by Gasteiger charge is -2.23. The first-order valence-corrected chi connectivity index (χ1v) is 8.57. The third-order valence-corrected chi connectivity index (χ3v) is 6.36. The number of hydrogen-bond donors (Lipinski definition) is 1. The van der Waals surface area contributed by atoms with Gasteiger partial charge in [-0.1, -0.05) is 15.9 Å². The summed E-state index contributed by atoms with van der Waals surface area (Å²) in [4.78, 5) is 11.2. The van der Waals surface area contributed by atoms with Crippen LogP contribution in [0.2, 0.25) is 0 Å². The number of ether oxygens (including phenoxy) is 1. The Bertz CT molecular complexity index is 667. The highest BCUT2D eigenvalue weighted by Gasteiger charge is 2.31. The number of likely N-dealkylation sites (N-methyl/N-ethyl adjacent to an activating group) is 1. The minimum Gasteiger partial charge on any atom is -0.478 e. The number of hydrogen-bond acceptors (Lipinski definition) is 4. The topological polar surface area (TPSA) is 83.9 Å². The molecule has 116 valence electrons. The Hall–Kier alpha value is -0.960. The molecule has 1 fully saturated rings. The maximum absolute atomic E-state index is 12.6. The zero-order chi connectivity index (χ0) is 15.8. The van der Waals surface area contributed by atoms with Gasteiger partial charge in [-0.15, -0.1) is 0 Å². The molecule has 1 aliphatic heterocycles. The molecule has 6 nitrogen and oxygen atoms in total. The second-order valence-electron chi connectivity index (χ2n) is 4.92. The van der Waals surface area contributed by atoms with E-state index in [1.54, 1.807) is 6.92 Å². The number of nitrogens with zero attached hydrogens (tertiary/aromatic N) is 1. The van der Waals surface area contributed by atoms with Crippen molar-refractivity contribution in [1.29, 1.82) is 0 Å². The van der Waals surface area contributed by atoms with E-state index in [-0.39, 0.29) is 16.5 Å². The molecule has 0 bridgehead atoms. The Labute approximate surface area is 131 Å². The van der Waals surface area contributed by atoms with Crippen LogP contribution in [0.15, 0.2) is 21.5 Å². The van der Waals surface area contributed by atoms with Gasteiger partial charge < -0.3 is 9.84 Å². The Morgan fingerprint density at radius 3 is 2.67 bits per heavy atom. The van der Waals surface area contributed by atoms with Gasteiger partial charge in [0.15, 0.2) is 0 Å². The quantitative estimate of drug-likeness (QED) is 0.865. The molecular weight excluding hydrogens is 362 g/mol. The minimum absolute atomic E-state index is 0.0287. The summed E-state index contributed by atoms with van der Waals surface area (Å²) in [6.45, 7) is 2.51. The number of aromatic carboxylic acids is 1. The summed E-state index contributed by atoms with van der Waals surface area (Å²) in [6, 6.07) is 2.41. The van der Waals surface area contributed by atoms with Crippen LogP contribution < -0.4 is 0 Å². The highest BCUT2D eigenvalue weighted by atomic mass is 79.9. The van der Waals surface area contributed by atoms with Gasteiger partial charge in [0.25, 0.3) is 0 Å². The Kier molecular flexibility index (Phi) is 4.72. The highest BCUT2D eigenvalue weighted by molar-refractivity contribution is 9.10. The summed E-state index contributed by atoms with van der Waals surface area (Å²) < 4.78 is 32.1. The Balaban J connectivity index is 2.47. The molecule has 21 heavy (non-hydrogen) atoms. The van der Waals surface area contributed by atoms with Crippen molar-refractivity contribution < 1.29 is 23.1 Å². The Morgan fingerprint density at radius 1 is 1.48 bits per heavy atom. The lowest BCUT2D eigenvalue weighted by Crippen LogP contribution is -2.37. The van der Waals surface area contributed by atoms with Crippen LogP contribution in [0.3, 0.4) is 0 Å². The summed E-state index contributed by atoms with van der Waals surface area (Å²) in [7, 11) is -2.27. The van der Waals surface area contributed by atoms with E-state index in [2.05, 4.69) is 15.9 Å². The molecule has 2 rings (SSSR count). The normalized spacial score (nSPS) is 19.1. The van der Waals surface area contributed by atoms with Crippen molar-refractivity contribution in [3.05, 3.63) is 27.7 Å². The first-order chi connectivity index (χ1) is 9.75. The van der Waals surface area contributed by atoms with Gasteiger partial charge >= 0.3 is 5.97 Å². The van der Waals surface area contributed by atoms with Gasteiger partial charge in [-0.25, -0.2) is 13.2 Å². The van der Waals surface area contributed by atoms with Crippen LogP contribution in [-0.2, 0) is 14.8 Å². The number of carboxylic acid groups (broad SMARTS) is 1. The van der Waals surface area contributed by atoms with E-state index in [1.165, 1.54) is 23.5 Å². The molecule has 8 heteroatoms. The van der Waals surface area contributed by atoms with Crippen LogP contribution in [0.5, 0.6) is 0 Å². The molecule has 1 aromatic rings. The molecule has 1 heterocycles. The Morgan fingerprint density at radius 2 is 2.14 bits per heavy atom. The van der Waals surface area contributed by atoms with E-state index in [0.29, 0.717) is 29.7 Å². The lowest BCUT2D eigenvalue weighted by molar-refractivity contribution is 0.0695. The highest BCUT2D eigenvalue weighted by Crippen LogP contribution is 2.28. The monoisotopic (exact) mass is 377 g/mol. The third kappa shape index (κ3) is 3.13. The molecule has 0 amide bonds. The molecule has 1 N–H and O–H groups in total. The van der Waals surface area contributed by atoms with Gasteiger partial charge in [-0.2, -0.15) is 4.31 Å². The maximum Gasteiger partial charge on any atom is 0.336 e. The van der Waals surface area contributed by atoms with E-state index in [1.807, 2.05) is 0 Å². The number of benzene rings is 1. The van der Waals surface area contributed by atoms with Crippen LogP contribution in [0.25, 0.3) is 0 Å². The third-order valence-electron chi connectivity index (χ3n) is 3.65. The van der Waals surface area contributed by atoms with Crippen molar-refractivity contribution in [3.63, 3.8) is 0 Å². The number of carbonyl (C=O) groups is 1. The summed E-state index contributed by atoms with van der Waals surface area (Å²) in [5.74, 6) is -1.16. The van der Waals surface area contributed by atoms with Crippen LogP contribution in [0.4, 0.5) is 0 Å². The number of carboxylic acids is 1. The smallest absolute Gasteiger partial charge is 0.336 e. The average Bonchev–Trinajstić information content (AvgIpc) is 2.94. The first kappa shape index (κ1) is 16.4. The van der Waals surface area contributed by atoms with Crippen molar-refractivity contribution in [3.8, 4) is 0 Å². The zero-order valence-corrected chi connectivity index (χ0v) is 14.1. The number of rotatable bonds is 4. The van der Waals surface area contributed by atoms with Gasteiger partial charge in [0.1, 0.15) is 0 Å². The second-order valence-corrected chi connectivity index (χ2v) is 7.77. The summed E-state index contributed by atoms with van der Waals surface area (Å²) in [5, 5.41) is 9.18. The van der Waals surface area contributed by atoms with Crippen molar-refractivity contribution in [2.45, 2.75) is 24.3 Å². The molecule has 0 aliphatic carbocycles. The largest absolute Gasteiger partial charge is 0.478 e. The molecule has 1 unspecified atom stereocenters. The summed E-state index contributed by atoms with van der Waals surface area (Å²) >= 11 is 3.22. The van der Waals surface area contributed by atoms with E-state index >= 15 is 0 Å². The van der Waals surface area contributed by atoms with Gasteiger partial charge in [0, 0.05) is 18.1 Å². The van der Waals surface area contributed by atoms with Gasteiger partial charge in [0.2, 0.25) is 10.0 Å². The number of halogens is 1. The van der Waals surface area contributed by atoms with Crippen molar-refractivity contribution in [2.24, 2.45) is 0 Å². The predicted molar refractivity (Wildman–Crippen MR) is 80.0 cm³/mol. The zero-order valence-electron chi connectivity index (χ0n) is 11.7.